The molecule has 7 nitrogen and oxygen atoms in total. The van der Waals surface area contributed by atoms with Gasteiger partial charge in [-0.3, -0.25) is 9.59 Å². The largest absolute Gasteiger partial charge is 0.390 e. The maximum atomic E-state index is 13.1. The summed E-state index contributed by atoms with van der Waals surface area (Å²) in [5, 5.41) is 13.3. The van der Waals surface area contributed by atoms with E-state index in [0.29, 0.717) is 42.9 Å². The van der Waals surface area contributed by atoms with Crippen LogP contribution in [-0.2, 0) is 15.1 Å². The highest BCUT2D eigenvalue weighted by atomic mass is 16.3. The Morgan fingerprint density at radius 1 is 0.952 bits per heavy atom. The van der Waals surface area contributed by atoms with Crippen molar-refractivity contribution in [1.82, 2.24) is 9.88 Å². The molecule has 2 amide bonds. The third-order valence-electron chi connectivity index (χ3n) is 9.53. The van der Waals surface area contributed by atoms with Crippen LogP contribution in [0.4, 0.5) is 5.82 Å². The second-order valence-electron chi connectivity index (χ2n) is 13.2. The lowest BCUT2D eigenvalue weighted by Gasteiger charge is -2.49. The van der Waals surface area contributed by atoms with E-state index >= 15 is 0 Å². The van der Waals surface area contributed by atoms with Crippen LogP contribution in [0.3, 0.4) is 0 Å². The van der Waals surface area contributed by atoms with E-state index in [0.717, 1.165) is 66.3 Å². The van der Waals surface area contributed by atoms with E-state index in [1.54, 1.807) is 0 Å². The molecule has 220 valence electrons. The number of hydrogen-bond acceptors (Lipinski definition) is 5. The van der Waals surface area contributed by atoms with Crippen molar-refractivity contribution in [2.75, 3.05) is 12.4 Å². The maximum Gasteiger partial charge on any atom is 0.225 e. The smallest absolute Gasteiger partial charge is 0.225 e. The minimum absolute atomic E-state index is 0.0194. The number of aliphatic hydroxyl groups is 1. The molecule has 3 aromatic rings. The Morgan fingerprint density at radius 2 is 1.60 bits per heavy atom. The molecule has 4 N–H and O–H groups in total. The Kier molecular flexibility index (Phi) is 7.66. The van der Waals surface area contributed by atoms with Crippen LogP contribution in [0.5, 0.6) is 0 Å². The molecule has 3 fully saturated rings. The minimum Gasteiger partial charge on any atom is -0.390 e. The molecule has 6 rings (SSSR count). The molecule has 7 heteroatoms. The van der Waals surface area contributed by atoms with Crippen LogP contribution in [0.2, 0.25) is 0 Å². The first-order chi connectivity index (χ1) is 20.1. The number of nitrogens with zero attached hydrogens (tertiary/aromatic N) is 2. The summed E-state index contributed by atoms with van der Waals surface area (Å²) in [6, 6.07) is 20.6. The molecular formula is C35H42N4O3. The van der Waals surface area contributed by atoms with Crippen molar-refractivity contribution in [3.63, 3.8) is 0 Å². The zero-order valence-corrected chi connectivity index (χ0v) is 24.7. The Hall–Kier alpha value is -3.55. The Morgan fingerprint density at radius 3 is 2.21 bits per heavy atom. The molecule has 0 bridgehead atoms. The normalized spacial score (nSPS) is 27.1. The van der Waals surface area contributed by atoms with E-state index < -0.39 is 11.1 Å². The first-order valence-corrected chi connectivity index (χ1v) is 15.3. The van der Waals surface area contributed by atoms with Gasteiger partial charge in [0.05, 0.1) is 5.60 Å². The van der Waals surface area contributed by atoms with Crippen LogP contribution in [0.15, 0.2) is 66.9 Å². The molecule has 1 heterocycles. The van der Waals surface area contributed by atoms with Crippen LogP contribution >= 0.6 is 0 Å². The predicted molar refractivity (Wildman–Crippen MR) is 165 cm³/mol. The number of nitrogens with one attached hydrogen (secondary N) is 1. The summed E-state index contributed by atoms with van der Waals surface area (Å²) in [7, 11) is 1.95. The van der Waals surface area contributed by atoms with Gasteiger partial charge in [-0.25, -0.2) is 4.98 Å². The third kappa shape index (κ3) is 6.13. The highest BCUT2D eigenvalue weighted by Gasteiger charge is 2.49. The highest BCUT2D eigenvalue weighted by Crippen LogP contribution is 2.46. The van der Waals surface area contributed by atoms with E-state index in [1.165, 1.54) is 0 Å². The van der Waals surface area contributed by atoms with E-state index in [4.69, 9.17) is 5.73 Å². The second-order valence-corrected chi connectivity index (χ2v) is 13.2. The molecule has 0 unspecified atom stereocenters. The van der Waals surface area contributed by atoms with Crippen molar-refractivity contribution < 1.29 is 14.7 Å². The monoisotopic (exact) mass is 566 g/mol. The van der Waals surface area contributed by atoms with Gasteiger partial charge in [0, 0.05) is 42.7 Å². The van der Waals surface area contributed by atoms with Crippen molar-refractivity contribution in [1.29, 1.82) is 0 Å². The number of benzene rings is 2. The van der Waals surface area contributed by atoms with Crippen molar-refractivity contribution in [2.24, 2.45) is 17.6 Å². The number of rotatable bonds is 8. The fraction of sp³-hybridized carbons (Fsp3) is 0.457. The van der Waals surface area contributed by atoms with Crippen LogP contribution in [0.1, 0.15) is 70.3 Å². The molecule has 3 saturated carbocycles. The van der Waals surface area contributed by atoms with Gasteiger partial charge in [0.15, 0.2) is 0 Å². The van der Waals surface area contributed by atoms with Crippen molar-refractivity contribution in [3.8, 4) is 22.3 Å². The van der Waals surface area contributed by atoms with Crippen LogP contribution < -0.4 is 11.1 Å². The highest BCUT2D eigenvalue weighted by molar-refractivity contribution is 5.92. The molecule has 0 saturated heterocycles. The Balaban J connectivity index is 1.13. The molecular weight excluding hydrogens is 524 g/mol. The summed E-state index contributed by atoms with van der Waals surface area (Å²) < 4.78 is 0. The number of carbonyl (C=O) groups is 2. The minimum atomic E-state index is -0.704. The van der Waals surface area contributed by atoms with Crippen molar-refractivity contribution in [3.05, 3.63) is 72.4 Å². The SMILES string of the molecule is CN(C(=O)C1CC1)C1CCC(CC(=O)Nc2cc(-c3ccccc3)c(-c3ccc([C@]4(N)C[C@](C)(O)C4)cc3)cn2)CC1. The lowest BCUT2D eigenvalue weighted by molar-refractivity contribution is -0.134. The molecule has 1 aromatic heterocycles. The number of aromatic nitrogens is 1. The Bertz CT molecular complexity index is 1430. The fourth-order valence-electron chi connectivity index (χ4n) is 7.09. The van der Waals surface area contributed by atoms with Gasteiger partial charge in [0.25, 0.3) is 0 Å². The van der Waals surface area contributed by atoms with Gasteiger partial charge in [0.2, 0.25) is 11.8 Å². The maximum absolute atomic E-state index is 13.1. The van der Waals surface area contributed by atoms with Gasteiger partial charge in [0.1, 0.15) is 5.82 Å². The standard InChI is InChI=1S/C35H42N4O3/c1-34(42)21-35(36,22-34)27-14-12-25(13-15-27)30-20-37-31(19-29(30)24-6-4-3-5-7-24)38-32(40)18-23-8-16-28(17-9-23)39(2)33(41)26-10-11-26/h3-7,12-15,19-20,23,26,28,42H,8-11,16-18,21-22,36H2,1-2H3,(H,37,38,40)/t23?,28?,34-,35-. The summed E-state index contributed by atoms with van der Waals surface area (Å²) in [6.07, 6.45) is 9.29. The van der Waals surface area contributed by atoms with Gasteiger partial charge in [-0.05, 0) is 92.5 Å². The molecule has 3 aliphatic rings. The van der Waals surface area contributed by atoms with Gasteiger partial charge >= 0.3 is 0 Å². The molecule has 0 spiro atoms. The van der Waals surface area contributed by atoms with E-state index in [9.17, 15) is 14.7 Å². The summed E-state index contributed by atoms with van der Waals surface area (Å²) in [5.41, 5.74) is 10.4. The van der Waals surface area contributed by atoms with Crippen LogP contribution in [-0.4, -0.2) is 45.5 Å². The topological polar surface area (TPSA) is 109 Å². The zero-order chi connectivity index (χ0) is 29.5. The first-order valence-electron chi connectivity index (χ1n) is 15.3. The average molecular weight is 567 g/mol. The summed E-state index contributed by atoms with van der Waals surface area (Å²) in [6.45, 7) is 1.83. The van der Waals surface area contributed by atoms with E-state index in [1.807, 2.05) is 61.5 Å². The summed E-state index contributed by atoms with van der Waals surface area (Å²) in [4.78, 5) is 32.1. The second kappa shape index (κ2) is 11.3. The van der Waals surface area contributed by atoms with E-state index in [-0.39, 0.29) is 11.8 Å². The van der Waals surface area contributed by atoms with Crippen LogP contribution in [0, 0.1) is 11.8 Å². The average Bonchev–Trinajstić information content (AvgIpc) is 3.82. The number of pyridine rings is 1. The summed E-state index contributed by atoms with van der Waals surface area (Å²) in [5.74, 6) is 1.39. The molecule has 0 aliphatic heterocycles. The van der Waals surface area contributed by atoms with Gasteiger partial charge in [-0.2, -0.15) is 0 Å². The number of amides is 2. The van der Waals surface area contributed by atoms with E-state index in [2.05, 4.69) is 34.6 Å². The third-order valence-corrected chi connectivity index (χ3v) is 9.53. The van der Waals surface area contributed by atoms with Gasteiger partial charge < -0.3 is 21.1 Å². The number of nitrogens with two attached hydrogens (primary N) is 1. The molecule has 3 aliphatic carbocycles. The number of anilines is 1. The fourth-order valence-corrected chi connectivity index (χ4v) is 7.09. The lowest BCUT2D eigenvalue weighted by atomic mass is 9.63. The summed E-state index contributed by atoms with van der Waals surface area (Å²) >= 11 is 0. The molecule has 2 aromatic carbocycles. The Labute approximate surface area is 248 Å². The lowest BCUT2D eigenvalue weighted by Crippen LogP contribution is -2.58. The molecule has 0 radical (unpaired) electrons. The zero-order valence-electron chi connectivity index (χ0n) is 24.7. The molecule has 42 heavy (non-hydrogen) atoms. The van der Waals surface area contributed by atoms with Crippen molar-refractivity contribution >= 4 is 17.6 Å². The van der Waals surface area contributed by atoms with Gasteiger partial charge in [-0.15, -0.1) is 0 Å². The first kappa shape index (κ1) is 28.6. The van der Waals surface area contributed by atoms with Gasteiger partial charge in [-0.1, -0.05) is 54.6 Å². The number of hydrogen-bond donors (Lipinski definition) is 3. The quantitative estimate of drug-likeness (QED) is 0.316. The van der Waals surface area contributed by atoms with Crippen molar-refractivity contribution in [2.45, 2.75) is 81.9 Å². The predicted octanol–water partition coefficient (Wildman–Crippen LogP) is 5.87. The van der Waals surface area contributed by atoms with Crippen LogP contribution in [0.25, 0.3) is 22.3 Å². The molecule has 0 atom stereocenters. The number of carbonyl (C=O) groups excluding carboxylic acids is 2.